The standard InChI is InChI=1S/C33H34ClFN6O2/c1-21(35)33(42)41-15-14-40(19-24(41)11-12-36)29-17-30(43-20-25-8-5-13-39(25)2)38-28-16-23(18-37-32(28)29)26-9-3-6-22-7-4-10-27(34)31(22)26/h3-4,6-7,9-10,16-18,24-25,33,42H,1,5,8,11,13-15,19-20H2,2H3/t24?,25-,33?/m0/s1. The first-order chi connectivity index (χ1) is 20.8. The van der Waals surface area contributed by atoms with Gasteiger partial charge in [-0.3, -0.25) is 9.88 Å². The van der Waals surface area contributed by atoms with Crippen molar-refractivity contribution in [2.24, 2.45) is 0 Å². The Bertz CT molecular complexity index is 1710. The molecule has 2 aliphatic heterocycles. The van der Waals surface area contributed by atoms with Gasteiger partial charge in [0, 0.05) is 60.0 Å². The first-order valence-corrected chi connectivity index (χ1v) is 14.9. The monoisotopic (exact) mass is 600 g/mol. The number of benzene rings is 2. The summed E-state index contributed by atoms with van der Waals surface area (Å²) in [6.07, 6.45) is 2.72. The van der Waals surface area contributed by atoms with Crippen LogP contribution in [0.25, 0.3) is 32.9 Å². The highest BCUT2D eigenvalue weighted by molar-refractivity contribution is 6.36. The molecule has 0 bridgehead atoms. The molecule has 0 saturated carbocycles. The molecule has 2 aliphatic rings. The molecule has 2 aromatic carbocycles. The molecule has 2 aromatic heterocycles. The first-order valence-electron chi connectivity index (χ1n) is 14.6. The van der Waals surface area contributed by atoms with E-state index >= 15 is 0 Å². The van der Waals surface area contributed by atoms with Gasteiger partial charge in [0.25, 0.3) is 0 Å². The number of pyridine rings is 2. The van der Waals surface area contributed by atoms with E-state index in [4.69, 9.17) is 26.3 Å². The zero-order valence-electron chi connectivity index (χ0n) is 24.1. The molecule has 0 spiro atoms. The van der Waals surface area contributed by atoms with Gasteiger partial charge >= 0.3 is 0 Å². The topological polar surface area (TPSA) is 88.8 Å². The molecule has 3 atom stereocenters. The van der Waals surface area contributed by atoms with Crippen LogP contribution in [0.5, 0.6) is 5.88 Å². The average Bonchev–Trinajstić information content (AvgIpc) is 3.43. The van der Waals surface area contributed by atoms with Crippen LogP contribution in [0.1, 0.15) is 19.3 Å². The number of anilines is 1. The van der Waals surface area contributed by atoms with Crippen molar-refractivity contribution in [2.45, 2.75) is 37.6 Å². The number of ether oxygens (including phenoxy) is 1. The largest absolute Gasteiger partial charge is 0.476 e. The fourth-order valence-electron chi connectivity index (χ4n) is 6.32. The smallest absolute Gasteiger partial charge is 0.216 e. The van der Waals surface area contributed by atoms with E-state index in [1.54, 1.807) is 4.90 Å². The van der Waals surface area contributed by atoms with Crippen LogP contribution in [0, 0.1) is 11.3 Å². The second-order valence-electron chi connectivity index (χ2n) is 11.3. The number of likely N-dealkylation sites (tertiary alicyclic amines) is 1. The lowest BCUT2D eigenvalue weighted by molar-refractivity contribution is -0.0166. The number of nitriles is 1. The molecule has 43 heavy (non-hydrogen) atoms. The fraction of sp³-hybridized carbons (Fsp3) is 0.364. The van der Waals surface area contributed by atoms with Gasteiger partial charge in [-0.2, -0.15) is 5.26 Å². The lowest BCUT2D eigenvalue weighted by atomic mass is 9.99. The van der Waals surface area contributed by atoms with Gasteiger partial charge in [-0.1, -0.05) is 48.5 Å². The summed E-state index contributed by atoms with van der Waals surface area (Å²) < 4.78 is 20.2. The molecular weight excluding hydrogens is 567 g/mol. The van der Waals surface area contributed by atoms with Crippen LogP contribution in [-0.2, 0) is 0 Å². The number of aliphatic hydroxyl groups excluding tert-OH is 1. The summed E-state index contributed by atoms with van der Waals surface area (Å²) in [6.45, 7) is 6.06. The number of nitrogens with zero attached hydrogens (tertiary/aromatic N) is 6. The van der Waals surface area contributed by atoms with E-state index in [1.807, 2.05) is 54.7 Å². The Balaban J connectivity index is 1.41. The van der Waals surface area contributed by atoms with Crippen LogP contribution >= 0.6 is 11.6 Å². The highest BCUT2D eigenvalue weighted by atomic mass is 35.5. The number of halogens is 2. The molecule has 4 aromatic rings. The average molecular weight is 601 g/mol. The van der Waals surface area contributed by atoms with Gasteiger partial charge in [-0.25, -0.2) is 9.37 Å². The predicted octanol–water partition coefficient (Wildman–Crippen LogP) is 5.78. The van der Waals surface area contributed by atoms with Crippen molar-refractivity contribution in [3.05, 3.63) is 72.2 Å². The molecule has 2 fully saturated rings. The minimum absolute atomic E-state index is 0.126. The van der Waals surface area contributed by atoms with Crippen molar-refractivity contribution in [2.75, 3.05) is 44.7 Å². The molecule has 2 unspecified atom stereocenters. The second kappa shape index (κ2) is 12.4. The number of aliphatic hydroxyl groups is 1. The second-order valence-corrected chi connectivity index (χ2v) is 11.7. The van der Waals surface area contributed by atoms with Crippen molar-refractivity contribution in [1.82, 2.24) is 19.8 Å². The molecule has 0 amide bonds. The Hall–Kier alpha value is -3.81. The molecule has 222 valence electrons. The van der Waals surface area contributed by atoms with Crippen molar-refractivity contribution < 1.29 is 14.2 Å². The highest BCUT2D eigenvalue weighted by Crippen LogP contribution is 2.37. The molecule has 0 radical (unpaired) electrons. The Morgan fingerprint density at radius 3 is 2.77 bits per heavy atom. The van der Waals surface area contributed by atoms with Crippen molar-refractivity contribution in [1.29, 1.82) is 5.26 Å². The molecular formula is C33H34ClFN6O2. The van der Waals surface area contributed by atoms with Crippen LogP contribution in [0.4, 0.5) is 10.1 Å². The Labute approximate surface area is 255 Å². The summed E-state index contributed by atoms with van der Waals surface area (Å²) in [5, 5.41) is 22.6. The Morgan fingerprint density at radius 1 is 1.21 bits per heavy atom. The summed E-state index contributed by atoms with van der Waals surface area (Å²) in [6, 6.07) is 17.9. The molecule has 4 heterocycles. The van der Waals surface area contributed by atoms with Gasteiger partial charge in [0.15, 0.2) is 6.23 Å². The number of hydrogen-bond acceptors (Lipinski definition) is 8. The number of rotatable bonds is 8. The summed E-state index contributed by atoms with van der Waals surface area (Å²) in [4.78, 5) is 15.8. The first kappa shape index (κ1) is 29.3. The summed E-state index contributed by atoms with van der Waals surface area (Å²) in [5.41, 5.74) is 4.03. The normalized spacial score (nSPS) is 20.4. The number of aromatic nitrogens is 2. The summed E-state index contributed by atoms with van der Waals surface area (Å²) in [7, 11) is 2.11. The molecule has 10 heteroatoms. The summed E-state index contributed by atoms with van der Waals surface area (Å²) >= 11 is 6.65. The number of piperazine rings is 1. The van der Waals surface area contributed by atoms with Crippen molar-refractivity contribution in [3.8, 4) is 23.1 Å². The third-order valence-electron chi connectivity index (χ3n) is 8.65. The third kappa shape index (κ3) is 5.89. The predicted molar refractivity (Wildman–Crippen MR) is 168 cm³/mol. The van der Waals surface area contributed by atoms with E-state index in [9.17, 15) is 14.8 Å². The minimum atomic E-state index is -1.45. The minimum Gasteiger partial charge on any atom is -0.476 e. The van der Waals surface area contributed by atoms with Crippen LogP contribution in [0.15, 0.2) is 67.1 Å². The molecule has 8 nitrogen and oxygen atoms in total. The zero-order valence-corrected chi connectivity index (χ0v) is 24.8. The van der Waals surface area contributed by atoms with Gasteiger partial charge in [0.05, 0.1) is 23.7 Å². The van der Waals surface area contributed by atoms with Gasteiger partial charge in [-0.15, -0.1) is 0 Å². The lowest BCUT2D eigenvalue weighted by Gasteiger charge is -2.43. The zero-order chi connectivity index (χ0) is 30.1. The maximum Gasteiger partial charge on any atom is 0.216 e. The van der Waals surface area contributed by atoms with E-state index in [0.717, 1.165) is 47.0 Å². The molecule has 6 rings (SSSR count). The highest BCUT2D eigenvalue weighted by Gasteiger charge is 2.34. The van der Waals surface area contributed by atoms with Gasteiger partial charge in [-0.05, 0) is 49.5 Å². The maximum atomic E-state index is 13.9. The number of hydrogen-bond donors (Lipinski definition) is 1. The van der Waals surface area contributed by atoms with Gasteiger partial charge in [0.1, 0.15) is 18.0 Å². The van der Waals surface area contributed by atoms with E-state index in [-0.39, 0.29) is 6.42 Å². The van der Waals surface area contributed by atoms with Crippen molar-refractivity contribution >= 4 is 39.1 Å². The van der Waals surface area contributed by atoms with E-state index in [0.29, 0.717) is 54.2 Å². The SMILES string of the molecule is C=C(F)C(O)N1CCN(c2cc(OC[C@@H]3CCCN3C)nc3cc(-c4cccc5cccc(Cl)c45)cnc23)CC1CC#N. The molecule has 1 N–H and O–H groups in total. The fourth-order valence-corrected chi connectivity index (χ4v) is 6.60. The van der Waals surface area contributed by atoms with E-state index in [2.05, 4.69) is 29.5 Å². The summed E-state index contributed by atoms with van der Waals surface area (Å²) in [5.74, 6) is -0.338. The van der Waals surface area contributed by atoms with Gasteiger partial charge in [0.2, 0.25) is 5.88 Å². The third-order valence-corrected chi connectivity index (χ3v) is 8.97. The quantitative estimate of drug-likeness (QED) is 0.272. The lowest BCUT2D eigenvalue weighted by Crippen LogP contribution is -2.56. The van der Waals surface area contributed by atoms with Crippen LogP contribution in [0.3, 0.4) is 0 Å². The maximum absolute atomic E-state index is 13.9. The van der Waals surface area contributed by atoms with E-state index in [1.165, 1.54) is 0 Å². The number of likely N-dealkylation sites (N-methyl/N-ethyl adjacent to an activating group) is 1. The van der Waals surface area contributed by atoms with Crippen LogP contribution in [-0.4, -0.2) is 83.0 Å². The van der Waals surface area contributed by atoms with Crippen LogP contribution < -0.4 is 9.64 Å². The van der Waals surface area contributed by atoms with Gasteiger partial charge < -0.3 is 19.6 Å². The molecule has 2 saturated heterocycles. The van der Waals surface area contributed by atoms with Crippen molar-refractivity contribution in [3.63, 3.8) is 0 Å². The van der Waals surface area contributed by atoms with Crippen LogP contribution in [0.2, 0.25) is 5.02 Å². The Kier molecular flexibility index (Phi) is 8.46. The van der Waals surface area contributed by atoms with E-state index < -0.39 is 18.1 Å². The Morgan fingerprint density at radius 2 is 2.02 bits per heavy atom. The molecule has 0 aliphatic carbocycles. The number of fused-ring (bicyclic) bond motifs is 2.